The van der Waals surface area contributed by atoms with Gasteiger partial charge in [0, 0.05) is 44.1 Å². The number of amides is 1. The van der Waals surface area contributed by atoms with E-state index in [-0.39, 0.29) is 11.9 Å². The first-order valence-electron chi connectivity index (χ1n) is 8.45. The predicted molar refractivity (Wildman–Crippen MR) is 91.7 cm³/mol. The van der Waals surface area contributed by atoms with E-state index in [1.165, 1.54) is 0 Å². The van der Waals surface area contributed by atoms with Gasteiger partial charge in [-0.25, -0.2) is 9.97 Å². The zero-order chi connectivity index (χ0) is 16.9. The molecule has 7 nitrogen and oxygen atoms in total. The fraction of sp³-hybridized carbons (Fsp3) is 0.529. The van der Waals surface area contributed by atoms with Crippen LogP contribution in [0.2, 0.25) is 0 Å². The molecule has 1 aliphatic rings. The maximum Gasteiger partial charge on any atom is 0.224 e. The van der Waals surface area contributed by atoms with Crippen LogP contribution in [-0.2, 0) is 4.79 Å². The van der Waals surface area contributed by atoms with Crippen molar-refractivity contribution < 1.29 is 4.79 Å². The highest BCUT2D eigenvalue weighted by Gasteiger charge is 2.25. The van der Waals surface area contributed by atoms with Crippen LogP contribution in [0, 0.1) is 13.8 Å². The lowest BCUT2D eigenvalue weighted by Gasteiger charge is -2.33. The number of nitrogens with zero attached hydrogens (tertiary/aromatic N) is 5. The molecule has 2 aromatic rings. The minimum atomic E-state index is 0.171. The quantitative estimate of drug-likeness (QED) is 0.908. The number of anilines is 1. The number of piperidine rings is 1. The van der Waals surface area contributed by atoms with Crippen LogP contribution >= 0.6 is 0 Å². The molecule has 0 aromatic carbocycles. The fourth-order valence-electron chi connectivity index (χ4n) is 3.23. The molecule has 1 N–H and O–H groups in total. The summed E-state index contributed by atoms with van der Waals surface area (Å²) >= 11 is 0. The molecule has 2 aromatic heterocycles. The van der Waals surface area contributed by atoms with Crippen LogP contribution in [0.3, 0.4) is 0 Å². The number of aryl methyl sites for hydroxylation is 2. The van der Waals surface area contributed by atoms with Crippen LogP contribution in [0.1, 0.15) is 36.7 Å². The molecule has 1 aliphatic heterocycles. The molecule has 0 aliphatic carbocycles. The number of nitrogens with one attached hydrogen (secondary N) is 1. The van der Waals surface area contributed by atoms with Crippen LogP contribution in [0.5, 0.6) is 0 Å². The van der Waals surface area contributed by atoms with Crippen LogP contribution in [-0.4, -0.2) is 50.2 Å². The summed E-state index contributed by atoms with van der Waals surface area (Å²) in [7, 11) is 0. The first-order chi connectivity index (χ1) is 11.6. The van der Waals surface area contributed by atoms with Crippen molar-refractivity contribution in [1.29, 1.82) is 0 Å². The van der Waals surface area contributed by atoms with Gasteiger partial charge in [-0.05, 0) is 38.8 Å². The van der Waals surface area contributed by atoms with Gasteiger partial charge in [0.2, 0.25) is 11.9 Å². The van der Waals surface area contributed by atoms with Gasteiger partial charge in [0.25, 0.3) is 0 Å². The lowest BCUT2D eigenvalue weighted by Crippen LogP contribution is -2.41. The summed E-state index contributed by atoms with van der Waals surface area (Å²) in [6.45, 7) is 6.19. The topological polar surface area (TPSA) is 75.9 Å². The largest absolute Gasteiger partial charge is 0.354 e. The third kappa shape index (κ3) is 3.90. The summed E-state index contributed by atoms with van der Waals surface area (Å²) in [6.07, 6.45) is 5.90. The van der Waals surface area contributed by atoms with Crippen molar-refractivity contribution in [2.45, 2.75) is 39.2 Å². The molecule has 0 spiro atoms. The molecule has 0 unspecified atom stereocenters. The van der Waals surface area contributed by atoms with Crippen molar-refractivity contribution in [3.05, 3.63) is 35.9 Å². The maximum atomic E-state index is 12.5. The molecular weight excluding hydrogens is 304 g/mol. The molecule has 128 valence electrons. The van der Waals surface area contributed by atoms with Crippen molar-refractivity contribution in [2.75, 3.05) is 25.0 Å². The van der Waals surface area contributed by atoms with E-state index in [1.807, 2.05) is 11.8 Å². The number of likely N-dealkylation sites (tertiary alicyclic amines) is 1. The zero-order valence-corrected chi connectivity index (χ0v) is 14.3. The Morgan fingerprint density at radius 2 is 2.12 bits per heavy atom. The Hall–Kier alpha value is -2.44. The van der Waals surface area contributed by atoms with Crippen molar-refractivity contribution in [1.82, 2.24) is 24.6 Å². The van der Waals surface area contributed by atoms with E-state index in [0.29, 0.717) is 18.9 Å². The van der Waals surface area contributed by atoms with E-state index in [9.17, 15) is 4.79 Å². The monoisotopic (exact) mass is 328 g/mol. The molecule has 0 saturated carbocycles. The molecule has 1 amide bonds. The highest BCUT2D eigenvalue weighted by molar-refractivity contribution is 5.76. The molecule has 0 bridgehead atoms. The maximum absolute atomic E-state index is 12.5. The van der Waals surface area contributed by atoms with E-state index in [0.717, 1.165) is 37.3 Å². The summed E-state index contributed by atoms with van der Waals surface area (Å²) in [4.78, 5) is 22.6. The average Bonchev–Trinajstić information content (AvgIpc) is 2.94. The molecule has 3 heterocycles. The second-order valence-electron chi connectivity index (χ2n) is 6.26. The van der Waals surface area contributed by atoms with Crippen molar-refractivity contribution >= 4 is 11.9 Å². The molecule has 0 radical (unpaired) electrons. The third-order valence-corrected chi connectivity index (χ3v) is 4.33. The Labute approximate surface area is 142 Å². The number of hydrogen-bond donors (Lipinski definition) is 1. The molecule has 1 saturated heterocycles. The van der Waals surface area contributed by atoms with Gasteiger partial charge in [-0.15, -0.1) is 0 Å². The van der Waals surface area contributed by atoms with Gasteiger partial charge in [-0.3, -0.25) is 9.48 Å². The highest BCUT2D eigenvalue weighted by Crippen LogP contribution is 2.23. The fourth-order valence-corrected chi connectivity index (χ4v) is 3.23. The number of aromatic nitrogens is 4. The standard InChI is InChI=1S/C17H24N6O/c1-13-11-14(2)23(21-13)15-5-3-10-22(12-15)16(24)6-9-20-17-18-7-4-8-19-17/h4,7-8,11,15H,3,5-6,9-10,12H2,1-2H3,(H,18,19,20)/t15-/m0/s1. The van der Waals surface area contributed by atoms with Crippen LogP contribution < -0.4 is 5.32 Å². The molecule has 1 atom stereocenters. The van der Waals surface area contributed by atoms with E-state index in [2.05, 4.69) is 38.1 Å². The molecule has 24 heavy (non-hydrogen) atoms. The molecule has 1 fully saturated rings. The summed E-state index contributed by atoms with van der Waals surface area (Å²) in [5.74, 6) is 0.731. The summed E-state index contributed by atoms with van der Waals surface area (Å²) in [5, 5.41) is 7.66. The third-order valence-electron chi connectivity index (χ3n) is 4.33. The molecular formula is C17H24N6O. The zero-order valence-electron chi connectivity index (χ0n) is 14.3. The normalized spacial score (nSPS) is 17.8. The molecule has 3 rings (SSSR count). The second-order valence-corrected chi connectivity index (χ2v) is 6.26. The van der Waals surface area contributed by atoms with Gasteiger partial charge in [0.1, 0.15) is 0 Å². The van der Waals surface area contributed by atoms with Gasteiger partial charge < -0.3 is 10.2 Å². The lowest BCUT2D eigenvalue weighted by molar-refractivity contribution is -0.132. The van der Waals surface area contributed by atoms with E-state index < -0.39 is 0 Å². The van der Waals surface area contributed by atoms with Gasteiger partial charge in [0.15, 0.2) is 0 Å². The SMILES string of the molecule is Cc1cc(C)n([C@H]2CCCN(C(=O)CCNc3ncccn3)C2)n1. The van der Waals surface area contributed by atoms with Crippen LogP contribution in [0.25, 0.3) is 0 Å². The van der Waals surface area contributed by atoms with Gasteiger partial charge in [0.05, 0.1) is 11.7 Å². The Balaban J connectivity index is 1.52. The van der Waals surface area contributed by atoms with Gasteiger partial charge >= 0.3 is 0 Å². The second kappa shape index (κ2) is 7.42. The van der Waals surface area contributed by atoms with Crippen molar-refractivity contribution in [3.63, 3.8) is 0 Å². The number of rotatable bonds is 5. The summed E-state index contributed by atoms with van der Waals surface area (Å²) < 4.78 is 2.07. The minimum absolute atomic E-state index is 0.171. The number of carbonyl (C=O) groups excluding carboxylic acids is 1. The Kier molecular flexibility index (Phi) is 5.08. The summed E-state index contributed by atoms with van der Waals surface area (Å²) in [5.41, 5.74) is 2.19. The minimum Gasteiger partial charge on any atom is -0.354 e. The van der Waals surface area contributed by atoms with Crippen LogP contribution in [0.15, 0.2) is 24.5 Å². The van der Waals surface area contributed by atoms with Crippen molar-refractivity contribution in [3.8, 4) is 0 Å². The van der Waals surface area contributed by atoms with E-state index in [1.54, 1.807) is 18.5 Å². The lowest BCUT2D eigenvalue weighted by atomic mass is 10.1. The number of carbonyl (C=O) groups is 1. The average molecular weight is 328 g/mol. The van der Waals surface area contributed by atoms with Gasteiger partial charge in [-0.2, -0.15) is 5.10 Å². The van der Waals surface area contributed by atoms with Crippen molar-refractivity contribution in [2.24, 2.45) is 0 Å². The Morgan fingerprint density at radius 3 is 2.83 bits per heavy atom. The van der Waals surface area contributed by atoms with E-state index in [4.69, 9.17) is 0 Å². The highest BCUT2D eigenvalue weighted by atomic mass is 16.2. The summed E-state index contributed by atoms with van der Waals surface area (Å²) in [6, 6.07) is 4.13. The number of hydrogen-bond acceptors (Lipinski definition) is 5. The Morgan fingerprint density at radius 1 is 1.33 bits per heavy atom. The first-order valence-corrected chi connectivity index (χ1v) is 8.45. The van der Waals surface area contributed by atoms with E-state index >= 15 is 0 Å². The van der Waals surface area contributed by atoms with Gasteiger partial charge in [-0.1, -0.05) is 0 Å². The smallest absolute Gasteiger partial charge is 0.224 e. The first kappa shape index (κ1) is 16.4. The Bertz CT molecular complexity index is 684. The van der Waals surface area contributed by atoms with Crippen LogP contribution in [0.4, 0.5) is 5.95 Å². The molecule has 7 heteroatoms. The predicted octanol–water partition coefficient (Wildman–Crippen LogP) is 1.96.